The minimum absolute atomic E-state index is 0.153. The lowest BCUT2D eigenvalue weighted by molar-refractivity contribution is -0.114. The predicted octanol–water partition coefficient (Wildman–Crippen LogP) is 0.997. The highest BCUT2D eigenvalue weighted by Crippen LogP contribution is 1.99. The van der Waals surface area contributed by atoms with Crippen LogP contribution in [0.3, 0.4) is 0 Å². The zero-order valence-corrected chi connectivity index (χ0v) is 7.16. The van der Waals surface area contributed by atoms with Crippen LogP contribution in [0.5, 0.6) is 0 Å². The maximum absolute atomic E-state index is 10.6. The lowest BCUT2D eigenvalue weighted by Gasteiger charge is -1.99. The molecule has 1 rings (SSSR count). The molecule has 1 heterocycles. The van der Waals surface area contributed by atoms with Gasteiger partial charge < -0.3 is 0 Å². The van der Waals surface area contributed by atoms with Gasteiger partial charge in [0.1, 0.15) is 0 Å². The third kappa shape index (κ3) is 2.30. The van der Waals surface area contributed by atoms with Gasteiger partial charge >= 0.3 is 0 Å². The van der Waals surface area contributed by atoms with Crippen molar-refractivity contribution in [3.8, 4) is 0 Å². The van der Waals surface area contributed by atoms with Gasteiger partial charge in [-0.25, -0.2) is 9.97 Å². The number of aryl methyl sites for hydroxylation is 1. The Kier molecular flexibility index (Phi) is 2.74. The predicted molar refractivity (Wildman–Crippen MR) is 45.7 cm³/mol. The van der Waals surface area contributed by atoms with Crippen LogP contribution in [0.4, 0.5) is 5.95 Å². The molecular weight excluding hydrogens is 154 g/mol. The molecular formula is C8H11N3O. The molecule has 1 aromatic rings. The van der Waals surface area contributed by atoms with Crippen molar-refractivity contribution >= 4 is 11.9 Å². The topological polar surface area (TPSA) is 54.9 Å². The second-order valence-electron chi connectivity index (χ2n) is 2.45. The van der Waals surface area contributed by atoms with Gasteiger partial charge in [-0.15, -0.1) is 0 Å². The van der Waals surface area contributed by atoms with Crippen molar-refractivity contribution in [2.75, 3.05) is 5.32 Å². The molecule has 4 nitrogen and oxygen atoms in total. The van der Waals surface area contributed by atoms with Crippen LogP contribution in [-0.4, -0.2) is 15.9 Å². The lowest BCUT2D eigenvalue weighted by atomic mass is 10.3. The van der Waals surface area contributed by atoms with E-state index < -0.39 is 0 Å². The number of nitrogens with one attached hydrogen (secondary N) is 1. The van der Waals surface area contributed by atoms with E-state index in [9.17, 15) is 4.79 Å². The molecule has 1 N–H and O–H groups in total. The van der Waals surface area contributed by atoms with Crippen LogP contribution < -0.4 is 5.32 Å². The van der Waals surface area contributed by atoms with Crippen molar-refractivity contribution in [3.63, 3.8) is 0 Å². The average molecular weight is 165 g/mol. The monoisotopic (exact) mass is 165 g/mol. The standard InChI is InChI=1S/C8H11N3O/c1-3-7-4-9-8(10-5-7)11-6(2)12/h4-5H,3H2,1-2H3,(H,9,10,11,12). The fourth-order valence-electron chi connectivity index (χ4n) is 0.759. The number of carbonyl (C=O) groups is 1. The highest BCUT2D eigenvalue weighted by molar-refractivity contribution is 5.86. The van der Waals surface area contributed by atoms with Crippen molar-refractivity contribution in [2.24, 2.45) is 0 Å². The van der Waals surface area contributed by atoms with Crippen LogP contribution in [-0.2, 0) is 11.2 Å². The molecule has 4 heteroatoms. The zero-order valence-electron chi connectivity index (χ0n) is 7.16. The van der Waals surface area contributed by atoms with Gasteiger partial charge in [-0.3, -0.25) is 10.1 Å². The van der Waals surface area contributed by atoms with Crippen LogP contribution in [0, 0.1) is 0 Å². The van der Waals surface area contributed by atoms with Gasteiger partial charge in [0.05, 0.1) is 0 Å². The number of hydrogen-bond donors (Lipinski definition) is 1. The molecule has 0 aromatic carbocycles. The molecule has 0 saturated heterocycles. The molecule has 0 aliphatic rings. The van der Waals surface area contributed by atoms with E-state index in [2.05, 4.69) is 15.3 Å². The summed E-state index contributed by atoms with van der Waals surface area (Å²) in [6.45, 7) is 3.45. The third-order valence-corrected chi connectivity index (χ3v) is 1.40. The normalized spacial score (nSPS) is 9.50. The van der Waals surface area contributed by atoms with E-state index in [1.54, 1.807) is 12.4 Å². The van der Waals surface area contributed by atoms with Crippen LogP contribution in [0.2, 0.25) is 0 Å². The number of hydrogen-bond acceptors (Lipinski definition) is 3. The maximum atomic E-state index is 10.6. The number of amides is 1. The van der Waals surface area contributed by atoms with E-state index >= 15 is 0 Å². The summed E-state index contributed by atoms with van der Waals surface area (Å²) >= 11 is 0. The van der Waals surface area contributed by atoms with E-state index in [0.29, 0.717) is 5.95 Å². The van der Waals surface area contributed by atoms with E-state index in [1.807, 2.05) is 6.92 Å². The van der Waals surface area contributed by atoms with Gasteiger partial charge in [0.15, 0.2) is 0 Å². The van der Waals surface area contributed by atoms with E-state index in [-0.39, 0.29) is 5.91 Å². The molecule has 0 fully saturated rings. The average Bonchev–Trinajstić information content (AvgIpc) is 2.05. The quantitative estimate of drug-likeness (QED) is 0.711. The van der Waals surface area contributed by atoms with Crippen molar-refractivity contribution in [1.82, 2.24) is 9.97 Å². The number of nitrogens with zero attached hydrogens (tertiary/aromatic N) is 2. The second-order valence-corrected chi connectivity index (χ2v) is 2.45. The fourth-order valence-corrected chi connectivity index (χ4v) is 0.759. The van der Waals surface area contributed by atoms with Gasteiger partial charge in [0, 0.05) is 19.3 Å². The highest BCUT2D eigenvalue weighted by atomic mass is 16.1. The minimum atomic E-state index is -0.153. The summed E-state index contributed by atoms with van der Waals surface area (Å²) in [5.74, 6) is 0.207. The number of anilines is 1. The molecule has 0 bridgehead atoms. The Balaban J connectivity index is 2.71. The summed E-state index contributed by atoms with van der Waals surface area (Å²) < 4.78 is 0. The molecule has 0 atom stereocenters. The molecule has 0 unspecified atom stereocenters. The van der Waals surface area contributed by atoms with Gasteiger partial charge in [-0.05, 0) is 12.0 Å². The first-order chi connectivity index (χ1) is 5.72. The second kappa shape index (κ2) is 3.80. The van der Waals surface area contributed by atoms with Crippen LogP contribution in [0.1, 0.15) is 19.4 Å². The molecule has 64 valence electrons. The molecule has 0 radical (unpaired) electrons. The summed E-state index contributed by atoms with van der Waals surface area (Å²) in [7, 11) is 0. The highest BCUT2D eigenvalue weighted by Gasteiger charge is 1.97. The smallest absolute Gasteiger partial charge is 0.229 e. The Morgan fingerprint density at radius 1 is 1.50 bits per heavy atom. The Labute approximate surface area is 71.0 Å². The molecule has 0 spiro atoms. The first-order valence-corrected chi connectivity index (χ1v) is 3.81. The lowest BCUT2D eigenvalue weighted by Crippen LogP contribution is -2.09. The van der Waals surface area contributed by atoms with E-state index in [0.717, 1.165) is 12.0 Å². The first kappa shape index (κ1) is 8.64. The molecule has 0 saturated carbocycles. The summed E-state index contributed by atoms with van der Waals surface area (Å²) in [6, 6.07) is 0. The molecule has 12 heavy (non-hydrogen) atoms. The summed E-state index contributed by atoms with van der Waals surface area (Å²) in [5, 5.41) is 2.49. The maximum Gasteiger partial charge on any atom is 0.229 e. The van der Waals surface area contributed by atoms with Crippen LogP contribution in [0.25, 0.3) is 0 Å². The van der Waals surface area contributed by atoms with Gasteiger partial charge in [-0.1, -0.05) is 6.92 Å². The van der Waals surface area contributed by atoms with Crippen molar-refractivity contribution in [2.45, 2.75) is 20.3 Å². The zero-order chi connectivity index (χ0) is 8.97. The largest absolute Gasteiger partial charge is 0.295 e. The Hall–Kier alpha value is -1.45. The first-order valence-electron chi connectivity index (χ1n) is 3.81. The minimum Gasteiger partial charge on any atom is -0.295 e. The Morgan fingerprint density at radius 2 is 2.08 bits per heavy atom. The summed E-state index contributed by atoms with van der Waals surface area (Å²) in [5.41, 5.74) is 1.06. The number of aromatic nitrogens is 2. The van der Waals surface area contributed by atoms with Gasteiger partial charge in [0.25, 0.3) is 0 Å². The van der Waals surface area contributed by atoms with Gasteiger partial charge in [0.2, 0.25) is 11.9 Å². The van der Waals surface area contributed by atoms with E-state index in [1.165, 1.54) is 6.92 Å². The summed E-state index contributed by atoms with van der Waals surface area (Å²) in [6.07, 6.45) is 4.32. The SMILES string of the molecule is CCc1cnc(NC(C)=O)nc1. The van der Waals surface area contributed by atoms with Crippen molar-refractivity contribution < 1.29 is 4.79 Å². The Morgan fingerprint density at radius 3 is 2.50 bits per heavy atom. The van der Waals surface area contributed by atoms with Gasteiger partial charge in [-0.2, -0.15) is 0 Å². The molecule has 0 aliphatic carbocycles. The Bertz CT molecular complexity index is 268. The van der Waals surface area contributed by atoms with E-state index in [4.69, 9.17) is 0 Å². The number of rotatable bonds is 2. The van der Waals surface area contributed by atoms with Crippen molar-refractivity contribution in [3.05, 3.63) is 18.0 Å². The molecule has 0 aliphatic heterocycles. The number of carbonyl (C=O) groups excluding carboxylic acids is 1. The van der Waals surface area contributed by atoms with Crippen LogP contribution >= 0.6 is 0 Å². The van der Waals surface area contributed by atoms with Crippen LogP contribution in [0.15, 0.2) is 12.4 Å². The van der Waals surface area contributed by atoms with Crippen molar-refractivity contribution in [1.29, 1.82) is 0 Å². The summed E-state index contributed by atoms with van der Waals surface area (Å²) in [4.78, 5) is 18.5. The molecule has 1 amide bonds. The molecule has 1 aromatic heterocycles. The fraction of sp³-hybridized carbons (Fsp3) is 0.375. The third-order valence-electron chi connectivity index (χ3n) is 1.40.